The normalized spacial score (nSPS) is 11.6. The maximum Gasteiger partial charge on any atom is 0.303 e. The van der Waals surface area contributed by atoms with Crippen LogP contribution in [0.5, 0.6) is 0 Å². The fraction of sp³-hybridized carbons (Fsp3) is 0.875. The predicted molar refractivity (Wildman–Crippen MR) is 50.8 cm³/mol. The summed E-state index contributed by atoms with van der Waals surface area (Å²) in [6.45, 7) is 4.29. The van der Waals surface area contributed by atoms with Crippen LogP contribution >= 0.6 is 0 Å². The average Bonchev–Trinajstić information content (AvgIpc) is 1.98. The van der Waals surface area contributed by atoms with Crippen LogP contribution in [0.4, 0.5) is 0 Å². The molecule has 0 spiro atoms. The van der Waals surface area contributed by atoms with Crippen LogP contribution in [0.15, 0.2) is 0 Å². The van der Waals surface area contributed by atoms with Gasteiger partial charge in [0, 0.05) is 13.5 Å². The highest BCUT2D eigenvalue weighted by atomic mass is 28.4. The van der Waals surface area contributed by atoms with Gasteiger partial charge in [-0.05, 0) is 25.6 Å². The maximum absolute atomic E-state index is 10.2. The summed E-state index contributed by atoms with van der Waals surface area (Å²) in [5.74, 6) is -0.702. The highest BCUT2D eigenvalue weighted by Gasteiger charge is 2.19. The lowest BCUT2D eigenvalue weighted by atomic mass is 10.2. The van der Waals surface area contributed by atoms with Gasteiger partial charge in [-0.1, -0.05) is 6.42 Å². The topological polar surface area (TPSA) is 46.5 Å². The number of rotatable bonds is 6. The van der Waals surface area contributed by atoms with Gasteiger partial charge in [0.15, 0.2) is 8.32 Å². The molecule has 0 aliphatic rings. The third kappa shape index (κ3) is 6.36. The van der Waals surface area contributed by atoms with Crippen molar-refractivity contribution in [2.45, 2.75) is 38.4 Å². The van der Waals surface area contributed by atoms with Gasteiger partial charge in [-0.25, -0.2) is 0 Å². The lowest BCUT2D eigenvalue weighted by Gasteiger charge is -2.19. The predicted octanol–water partition coefficient (Wildman–Crippen LogP) is 2.09. The van der Waals surface area contributed by atoms with E-state index in [1.807, 2.05) is 0 Å². The van der Waals surface area contributed by atoms with Crippen LogP contribution in [0.3, 0.4) is 0 Å². The van der Waals surface area contributed by atoms with Gasteiger partial charge in [-0.3, -0.25) is 4.79 Å². The van der Waals surface area contributed by atoms with Crippen molar-refractivity contribution in [3.63, 3.8) is 0 Å². The molecule has 3 nitrogen and oxygen atoms in total. The van der Waals surface area contributed by atoms with Gasteiger partial charge in [0.25, 0.3) is 0 Å². The van der Waals surface area contributed by atoms with Crippen LogP contribution in [-0.4, -0.2) is 26.5 Å². The minimum absolute atomic E-state index is 0.286. The summed E-state index contributed by atoms with van der Waals surface area (Å²) in [5, 5.41) is 8.38. The Balaban J connectivity index is 3.37. The maximum atomic E-state index is 10.2. The molecule has 0 aliphatic heterocycles. The molecule has 0 amide bonds. The van der Waals surface area contributed by atoms with Crippen molar-refractivity contribution in [3.05, 3.63) is 0 Å². The van der Waals surface area contributed by atoms with Gasteiger partial charge in [-0.2, -0.15) is 0 Å². The summed E-state index contributed by atoms with van der Waals surface area (Å²) >= 11 is 0. The van der Waals surface area contributed by atoms with E-state index in [0.29, 0.717) is 0 Å². The second-order valence-electron chi connectivity index (χ2n) is 3.56. The molecule has 0 aromatic rings. The Morgan fingerprint density at radius 1 is 1.42 bits per heavy atom. The molecule has 0 aromatic carbocycles. The van der Waals surface area contributed by atoms with Crippen molar-refractivity contribution in [2.75, 3.05) is 7.11 Å². The molecule has 0 fully saturated rings. The summed E-state index contributed by atoms with van der Waals surface area (Å²) in [6, 6.07) is 1.05. The Hall–Kier alpha value is -0.353. The first kappa shape index (κ1) is 11.6. The quantitative estimate of drug-likeness (QED) is 0.515. The minimum atomic E-state index is -1.44. The molecule has 0 radical (unpaired) electrons. The molecule has 0 saturated carbocycles. The lowest BCUT2D eigenvalue weighted by molar-refractivity contribution is -0.137. The SMILES string of the molecule is CO[Si](C)(C)CCCCC(=O)O. The van der Waals surface area contributed by atoms with E-state index in [1.165, 1.54) is 0 Å². The molecule has 0 saturated heterocycles. The second kappa shape index (κ2) is 5.32. The number of carbonyl (C=O) groups is 1. The van der Waals surface area contributed by atoms with E-state index in [0.717, 1.165) is 18.9 Å². The van der Waals surface area contributed by atoms with Crippen molar-refractivity contribution in [1.29, 1.82) is 0 Å². The molecule has 72 valence electrons. The molecule has 12 heavy (non-hydrogen) atoms. The zero-order chi connectivity index (χ0) is 9.61. The Bertz CT molecular complexity index is 145. The van der Waals surface area contributed by atoms with E-state index in [-0.39, 0.29) is 6.42 Å². The second-order valence-corrected chi connectivity index (χ2v) is 7.99. The van der Waals surface area contributed by atoms with Crippen molar-refractivity contribution in [2.24, 2.45) is 0 Å². The molecule has 0 rings (SSSR count). The number of carboxylic acid groups (broad SMARTS) is 1. The van der Waals surface area contributed by atoms with Gasteiger partial charge in [0.05, 0.1) is 0 Å². The van der Waals surface area contributed by atoms with Crippen LogP contribution < -0.4 is 0 Å². The molecule has 0 atom stereocenters. The highest BCUT2D eigenvalue weighted by Crippen LogP contribution is 2.14. The van der Waals surface area contributed by atoms with Gasteiger partial charge in [0.1, 0.15) is 0 Å². The number of carboxylic acids is 1. The van der Waals surface area contributed by atoms with Crippen molar-refractivity contribution < 1.29 is 14.3 Å². The number of hydrogen-bond donors (Lipinski definition) is 1. The minimum Gasteiger partial charge on any atom is -0.481 e. The Labute approximate surface area is 74.9 Å². The first-order chi connectivity index (χ1) is 5.48. The fourth-order valence-corrected chi connectivity index (χ4v) is 2.23. The lowest BCUT2D eigenvalue weighted by Crippen LogP contribution is -2.27. The molecular formula is C8H18O3Si. The summed E-state index contributed by atoms with van der Waals surface area (Å²) < 4.78 is 5.34. The van der Waals surface area contributed by atoms with Crippen LogP contribution in [0.1, 0.15) is 19.3 Å². The van der Waals surface area contributed by atoms with E-state index < -0.39 is 14.3 Å². The summed E-state index contributed by atoms with van der Waals surface area (Å²) in [5.41, 5.74) is 0. The average molecular weight is 190 g/mol. The Kier molecular flexibility index (Phi) is 5.16. The molecule has 4 heteroatoms. The number of aliphatic carboxylic acids is 1. The standard InChI is InChI=1S/C8H18O3Si/c1-11-12(2,3)7-5-4-6-8(9)10/h4-7H2,1-3H3,(H,9,10). The highest BCUT2D eigenvalue weighted by molar-refractivity contribution is 6.71. The van der Waals surface area contributed by atoms with Gasteiger partial charge < -0.3 is 9.53 Å². The van der Waals surface area contributed by atoms with Gasteiger partial charge in [0.2, 0.25) is 0 Å². The molecule has 0 bridgehead atoms. The van der Waals surface area contributed by atoms with Gasteiger partial charge >= 0.3 is 5.97 Å². The zero-order valence-corrected chi connectivity index (χ0v) is 9.09. The molecule has 0 aliphatic carbocycles. The summed E-state index contributed by atoms with van der Waals surface area (Å²) in [7, 11) is 0.297. The van der Waals surface area contributed by atoms with E-state index in [9.17, 15) is 4.79 Å². The first-order valence-corrected chi connectivity index (χ1v) is 7.36. The van der Waals surface area contributed by atoms with Crippen LogP contribution in [0, 0.1) is 0 Å². The van der Waals surface area contributed by atoms with Crippen LogP contribution in [-0.2, 0) is 9.22 Å². The monoisotopic (exact) mass is 190 g/mol. The van der Waals surface area contributed by atoms with Crippen LogP contribution in [0.2, 0.25) is 19.1 Å². The first-order valence-electron chi connectivity index (χ1n) is 4.25. The number of hydrogen-bond acceptors (Lipinski definition) is 2. The van der Waals surface area contributed by atoms with Crippen molar-refractivity contribution in [3.8, 4) is 0 Å². The van der Waals surface area contributed by atoms with Crippen LogP contribution in [0.25, 0.3) is 0 Å². The summed E-state index contributed by atoms with van der Waals surface area (Å²) in [6.07, 6.45) is 2.03. The molecule has 1 N–H and O–H groups in total. The van der Waals surface area contributed by atoms with E-state index >= 15 is 0 Å². The van der Waals surface area contributed by atoms with E-state index in [1.54, 1.807) is 7.11 Å². The zero-order valence-electron chi connectivity index (χ0n) is 8.09. The third-order valence-corrected chi connectivity index (χ3v) is 4.63. The van der Waals surface area contributed by atoms with Crippen molar-refractivity contribution >= 4 is 14.3 Å². The largest absolute Gasteiger partial charge is 0.481 e. The Morgan fingerprint density at radius 3 is 2.42 bits per heavy atom. The molecular weight excluding hydrogens is 172 g/mol. The smallest absolute Gasteiger partial charge is 0.303 e. The molecule has 0 aromatic heterocycles. The number of unbranched alkanes of at least 4 members (excludes halogenated alkanes) is 1. The summed E-state index contributed by atoms with van der Waals surface area (Å²) in [4.78, 5) is 10.2. The molecule has 0 heterocycles. The third-order valence-electron chi connectivity index (χ3n) is 1.97. The van der Waals surface area contributed by atoms with Crippen molar-refractivity contribution in [1.82, 2.24) is 0 Å². The van der Waals surface area contributed by atoms with E-state index in [4.69, 9.17) is 9.53 Å². The fourth-order valence-electron chi connectivity index (χ4n) is 0.929. The van der Waals surface area contributed by atoms with Gasteiger partial charge in [-0.15, -0.1) is 0 Å². The molecule has 0 unspecified atom stereocenters. The van der Waals surface area contributed by atoms with E-state index in [2.05, 4.69) is 13.1 Å². The Morgan fingerprint density at radius 2 is 2.00 bits per heavy atom.